The van der Waals surface area contributed by atoms with Crippen molar-refractivity contribution in [2.45, 2.75) is 154 Å². The number of methoxy groups -OCH3 is 2. The van der Waals surface area contributed by atoms with Gasteiger partial charge in [0.25, 0.3) is 11.8 Å². The highest BCUT2D eigenvalue weighted by Gasteiger charge is 2.45. The number of nitrogens with zero attached hydrogens (tertiary/aromatic N) is 3. The number of amides is 5. The van der Waals surface area contributed by atoms with E-state index in [2.05, 4.69) is 5.32 Å². The first kappa shape index (κ1) is 52.9. The number of hydrogen-bond acceptors (Lipinski definition) is 10. The number of aliphatic carboxylic acids is 1. The lowest BCUT2D eigenvalue weighted by molar-refractivity contribution is -0.149. The molecule has 7 atom stereocenters. The number of carbonyl (C=O) groups excluding carboxylic acids is 7. The third kappa shape index (κ3) is 14.4. The SMILES string of the molecule is CO[C@H]([C@@H](C)C(=O)C[C@@H](Cc1ccccc1)C(=O)O)[C@@H]1CCCN1C(=O)C[C@@H](OC)[C@H](C1CCCC1)N(C)C(=O)[C@@H](CC(=O)C(C)(C)NC(=O)CCCCCN1C(=O)C=CC1=O)C(C)C. The van der Waals surface area contributed by atoms with Crippen LogP contribution in [0.1, 0.15) is 124 Å². The van der Waals surface area contributed by atoms with Gasteiger partial charge in [0.05, 0.1) is 42.2 Å². The minimum Gasteiger partial charge on any atom is -0.481 e. The van der Waals surface area contributed by atoms with Crippen LogP contribution in [-0.4, -0.2) is 131 Å². The van der Waals surface area contributed by atoms with Gasteiger partial charge in [-0.05, 0) is 76.2 Å². The normalized spacial score (nSPS) is 19.6. The van der Waals surface area contributed by atoms with Gasteiger partial charge in [0, 0.05) is 77.6 Å². The van der Waals surface area contributed by atoms with E-state index in [1.54, 1.807) is 44.7 Å². The van der Waals surface area contributed by atoms with Gasteiger partial charge >= 0.3 is 5.97 Å². The molecule has 1 aromatic rings. The van der Waals surface area contributed by atoms with E-state index in [1.165, 1.54) is 24.2 Å². The fourth-order valence-corrected chi connectivity index (χ4v) is 10.0. The molecular weight excluding hydrogens is 833 g/mol. The predicted molar refractivity (Wildman–Crippen MR) is 244 cm³/mol. The fraction of sp³-hybridized carbons (Fsp3) is 0.680. The van der Waals surface area contributed by atoms with Crippen molar-refractivity contribution in [3.63, 3.8) is 0 Å². The minimum absolute atomic E-state index is 0.0151. The van der Waals surface area contributed by atoms with Gasteiger partial charge in [0.2, 0.25) is 17.7 Å². The number of Topliss-reactive ketones (excluding diaryl/α,β-unsaturated/α-hetero) is 2. The van der Waals surface area contributed by atoms with E-state index in [-0.39, 0.29) is 91.6 Å². The first-order valence-corrected chi connectivity index (χ1v) is 23.6. The molecule has 65 heavy (non-hydrogen) atoms. The Morgan fingerprint density at radius 2 is 1.51 bits per heavy atom. The topological polar surface area (TPSA) is 197 Å². The van der Waals surface area contributed by atoms with Crippen LogP contribution in [-0.2, 0) is 54.3 Å². The molecule has 4 rings (SSSR count). The third-order valence-corrected chi connectivity index (χ3v) is 14.0. The van der Waals surface area contributed by atoms with Crippen molar-refractivity contribution >= 4 is 47.1 Å². The monoisotopic (exact) mass is 907 g/mol. The Bertz CT molecular complexity index is 1840. The van der Waals surface area contributed by atoms with Crippen molar-refractivity contribution < 1.29 is 52.9 Å². The summed E-state index contributed by atoms with van der Waals surface area (Å²) < 4.78 is 12.1. The van der Waals surface area contributed by atoms with Gasteiger partial charge < -0.3 is 29.7 Å². The average molecular weight is 907 g/mol. The van der Waals surface area contributed by atoms with Crippen LogP contribution < -0.4 is 5.32 Å². The van der Waals surface area contributed by atoms with Crippen molar-refractivity contribution in [2.24, 2.45) is 29.6 Å². The number of likely N-dealkylation sites (tertiary alicyclic amines) is 1. The summed E-state index contributed by atoms with van der Waals surface area (Å²) in [7, 11) is 4.80. The lowest BCUT2D eigenvalue weighted by Gasteiger charge is -2.41. The maximum atomic E-state index is 14.6. The Morgan fingerprint density at radius 3 is 2.09 bits per heavy atom. The van der Waals surface area contributed by atoms with Crippen molar-refractivity contribution in [3.05, 3.63) is 48.0 Å². The Kier molecular flexibility index (Phi) is 20.1. The van der Waals surface area contributed by atoms with Crippen molar-refractivity contribution in [1.82, 2.24) is 20.0 Å². The number of carbonyl (C=O) groups is 8. The second-order valence-corrected chi connectivity index (χ2v) is 19.3. The number of carboxylic acid groups (broad SMARTS) is 1. The molecule has 0 spiro atoms. The van der Waals surface area contributed by atoms with Gasteiger partial charge in [-0.3, -0.25) is 43.3 Å². The minimum atomic E-state index is -1.25. The maximum absolute atomic E-state index is 14.6. The number of likely N-dealkylation sites (N-methyl/N-ethyl adjacent to an activating group) is 1. The van der Waals surface area contributed by atoms with Crippen LogP contribution in [0.5, 0.6) is 0 Å². The molecule has 2 N–H and O–H groups in total. The third-order valence-electron chi connectivity index (χ3n) is 14.0. The van der Waals surface area contributed by atoms with E-state index < -0.39 is 53.6 Å². The molecule has 2 fully saturated rings. The number of nitrogens with one attached hydrogen (secondary N) is 1. The summed E-state index contributed by atoms with van der Waals surface area (Å²) in [6.07, 6.45) is 7.94. The largest absolute Gasteiger partial charge is 0.481 e. The molecule has 2 heterocycles. The maximum Gasteiger partial charge on any atom is 0.307 e. The highest BCUT2D eigenvalue weighted by Crippen LogP contribution is 2.36. The summed E-state index contributed by atoms with van der Waals surface area (Å²) in [5.74, 6) is -5.39. The number of hydrogen-bond donors (Lipinski definition) is 2. The molecule has 0 unspecified atom stereocenters. The van der Waals surface area contributed by atoms with E-state index in [4.69, 9.17) is 9.47 Å². The van der Waals surface area contributed by atoms with E-state index in [0.717, 1.165) is 31.2 Å². The molecule has 0 aromatic heterocycles. The molecule has 15 nitrogen and oxygen atoms in total. The number of ketones is 2. The zero-order valence-electron chi connectivity index (χ0n) is 39.9. The van der Waals surface area contributed by atoms with Gasteiger partial charge in [-0.15, -0.1) is 0 Å². The molecule has 5 amide bonds. The van der Waals surface area contributed by atoms with Crippen LogP contribution in [0.25, 0.3) is 0 Å². The van der Waals surface area contributed by atoms with E-state index >= 15 is 0 Å². The molecule has 1 saturated heterocycles. The van der Waals surface area contributed by atoms with Crippen molar-refractivity contribution in [1.29, 1.82) is 0 Å². The van der Waals surface area contributed by atoms with Crippen LogP contribution in [0, 0.1) is 29.6 Å². The standard InChI is InChI=1S/C50H74N4O11/c1-32(2)37(30-41(56)50(4,5)51-42(57)23-13-10-16-26-54-43(58)24-25-44(54)59)48(61)52(6)46(35-20-14-15-21-35)40(64-7)31-45(60)53-27-17-22-38(53)47(65-8)33(3)39(55)29-36(49(62)63)28-34-18-11-9-12-19-34/h9,11-12,18-19,24-25,32-33,35-38,40,46-47H,10,13-17,20-23,26-31H2,1-8H3,(H,51,57)(H,62,63)/t33-,36+,37-,38-,40+,46-,47+/m0/s1. The second-order valence-electron chi connectivity index (χ2n) is 19.3. The average Bonchev–Trinajstić information content (AvgIpc) is 4.05. The first-order chi connectivity index (χ1) is 30.8. The first-order valence-electron chi connectivity index (χ1n) is 23.6. The summed E-state index contributed by atoms with van der Waals surface area (Å²) in [6.45, 7) is 9.55. The van der Waals surface area contributed by atoms with Gasteiger partial charge in [0.15, 0.2) is 5.78 Å². The molecule has 2 aliphatic heterocycles. The number of imide groups is 1. The molecule has 1 aliphatic carbocycles. The molecular formula is C50H74N4O11. The molecule has 1 aromatic carbocycles. The zero-order chi connectivity index (χ0) is 48.0. The quantitative estimate of drug-likeness (QED) is 0.0828. The van der Waals surface area contributed by atoms with Gasteiger partial charge in [-0.1, -0.05) is 70.4 Å². The number of benzene rings is 1. The predicted octanol–water partition coefficient (Wildman–Crippen LogP) is 5.57. The number of carboxylic acids is 1. The van der Waals surface area contributed by atoms with Crippen LogP contribution >= 0.6 is 0 Å². The lowest BCUT2D eigenvalue weighted by atomic mass is 9.82. The molecule has 0 bridgehead atoms. The van der Waals surface area contributed by atoms with Gasteiger partial charge in [-0.2, -0.15) is 0 Å². The van der Waals surface area contributed by atoms with E-state index in [1.807, 2.05) is 44.2 Å². The molecule has 360 valence electrons. The highest BCUT2D eigenvalue weighted by atomic mass is 16.5. The van der Waals surface area contributed by atoms with Crippen molar-refractivity contribution in [2.75, 3.05) is 34.4 Å². The van der Waals surface area contributed by atoms with Gasteiger partial charge in [0.1, 0.15) is 5.78 Å². The Balaban J connectivity index is 1.40. The summed E-state index contributed by atoms with van der Waals surface area (Å²) in [6, 6.07) is 8.34. The van der Waals surface area contributed by atoms with E-state index in [0.29, 0.717) is 38.6 Å². The van der Waals surface area contributed by atoms with E-state index in [9.17, 15) is 43.5 Å². The molecule has 3 aliphatic rings. The molecule has 15 heteroatoms. The highest BCUT2D eigenvalue weighted by molar-refractivity contribution is 6.12. The van der Waals surface area contributed by atoms with Crippen LogP contribution in [0.3, 0.4) is 0 Å². The summed E-state index contributed by atoms with van der Waals surface area (Å²) >= 11 is 0. The summed E-state index contributed by atoms with van der Waals surface area (Å²) in [5.41, 5.74) is -0.414. The second kappa shape index (κ2) is 24.7. The molecule has 0 radical (unpaired) electrons. The summed E-state index contributed by atoms with van der Waals surface area (Å²) in [5, 5.41) is 12.9. The van der Waals surface area contributed by atoms with Crippen LogP contribution in [0.4, 0.5) is 0 Å². The Morgan fingerprint density at radius 1 is 0.862 bits per heavy atom. The fourth-order valence-electron chi connectivity index (χ4n) is 10.0. The van der Waals surface area contributed by atoms with Crippen LogP contribution in [0.2, 0.25) is 0 Å². The smallest absolute Gasteiger partial charge is 0.307 e. The van der Waals surface area contributed by atoms with Crippen molar-refractivity contribution in [3.8, 4) is 0 Å². The van der Waals surface area contributed by atoms with Crippen LogP contribution in [0.15, 0.2) is 42.5 Å². The number of unbranched alkanes of at least 4 members (excludes halogenated alkanes) is 2. The van der Waals surface area contributed by atoms with Gasteiger partial charge in [-0.25, -0.2) is 0 Å². The zero-order valence-corrected chi connectivity index (χ0v) is 39.9. The number of rotatable bonds is 27. The Labute approximate surface area is 385 Å². The molecule has 1 saturated carbocycles. The lowest BCUT2D eigenvalue weighted by Crippen LogP contribution is -2.55. The summed E-state index contributed by atoms with van der Waals surface area (Å²) in [4.78, 5) is 110. The number of ether oxygens (including phenoxy) is 2. The Hall–Kier alpha value is -4.76.